The second-order valence-electron chi connectivity index (χ2n) is 9.81. The zero-order valence-corrected chi connectivity index (χ0v) is 21.3. The molecule has 0 aromatic heterocycles. The van der Waals surface area contributed by atoms with Crippen LogP contribution in [0.4, 0.5) is 5.69 Å². The number of aryl methyl sites for hydroxylation is 2. The van der Waals surface area contributed by atoms with Crippen LogP contribution >= 0.6 is 0 Å². The van der Waals surface area contributed by atoms with Gasteiger partial charge in [0.15, 0.2) is 0 Å². The van der Waals surface area contributed by atoms with Gasteiger partial charge in [-0.3, -0.25) is 14.4 Å². The summed E-state index contributed by atoms with van der Waals surface area (Å²) < 4.78 is 0. The highest BCUT2D eigenvalue weighted by molar-refractivity contribution is 6.02. The van der Waals surface area contributed by atoms with Crippen molar-refractivity contribution < 1.29 is 19.5 Å². The Labute approximate surface area is 212 Å². The first kappa shape index (κ1) is 25.6. The van der Waals surface area contributed by atoms with Crippen molar-refractivity contribution in [2.45, 2.75) is 39.3 Å². The minimum Gasteiger partial charge on any atom is -0.394 e. The van der Waals surface area contributed by atoms with Gasteiger partial charge in [0.1, 0.15) is 6.04 Å². The quantitative estimate of drug-likeness (QED) is 0.520. The van der Waals surface area contributed by atoms with Gasteiger partial charge in [-0.1, -0.05) is 61.5 Å². The van der Waals surface area contributed by atoms with Gasteiger partial charge >= 0.3 is 0 Å². The highest BCUT2D eigenvalue weighted by Crippen LogP contribution is 2.47. The summed E-state index contributed by atoms with van der Waals surface area (Å²) in [6.45, 7) is 5.53. The van der Waals surface area contributed by atoms with E-state index in [0.717, 1.165) is 16.7 Å². The summed E-state index contributed by atoms with van der Waals surface area (Å²) in [5.74, 6) is -2.68. The number of nitrogens with one attached hydrogen (secondary N) is 2. The van der Waals surface area contributed by atoms with Crippen LogP contribution < -0.4 is 10.6 Å². The number of benzene rings is 2. The fourth-order valence-corrected chi connectivity index (χ4v) is 5.80. The lowest BCUT2D eigenvalue weighted by atomic mass is 9.69. The smallest absolute Gasteiger partial charge is 0.247 e. The molecule has 1 aliphatic heterocycles. The summed E-state index contributed by atoms with van der Waals surface area (Å²) in [4.78, 5) is 42.6. The number of carbonyl (C=O) groups is 3. The monoisotopic (exact) mass is 489 g/mol. The molecule has 190 valence electrons. The molecule has 0 spiro atoms. The fourth-order valence-electron chi connectivity index (χ4n) is 5.80. The molecule has 7 nitrogen and oxygen atoms in total. The van der Waals surface area contributed by atoms with Crippen molar-refractivity contribution in [1.29, 1.82) is 0 Å². The van der Waals surface area contributed by atoms with Gasteiger partial charge in [0, 0.05) is 18.7 Å². The number of rotatable bonds is 7. The predicted octanol–water partition coefficient (Wildman–Crippen LogP) is 3.38. The Balaban J connectivity index is 1.81. The Morgan fingerprint density at radius 3 is 2.42 bits per heavy atom. The molecule has 0 saturated carbocycles. The van der Waals surface area contributed by atoms with Gasteiger partial charge in [-0.05, 0) is 48.9 Å². The van der Waals surface area contributed by atoms with E-state index in [-0.39, 0.29) is 30.2 Å². The maximum atomic E-state index is 14.1. The van der Waals surface area contributed by atoms with E-state index in [1.165, 1.54) is 4.90 Å². The number of anilines is 1. The number of likely N-dealkylation sites (tertiary alicyclic amines) is 1. The summed E-state index contributed by atoms with van der Waals surface area (Å²) in [6.07, 6.45) is 4.61. The molecule has 4 rings (SSSR count). The minimum absolute atomic E-state index is 0.109. The number of hydrogen-bond donors (Lipinski definition) is 3. The summed E-state index contributed by atoms with van der Waals surface area (Å²) in [5.41, 5.74) is 3.35. The molecule has 2 aromatic carbocycles. The lowest BCUT2D eigenvalue weighted by molar-refractivity contribution is -0.143. The number of fused-ring (bicyclic) bond motifs is 1. The van der Waals surface area contributed by atoms with Crippen LogP contribution in [-0.4, -0.2) is 47.4 Å². The van der Waals surface area contributed by atoms with E-state index in [0.29, 0.717) is 12.1 Å². The maximum Gasteiger partial charge on any atom is 0.247 e. The first-order valence-electron chi connectivity index (χ1n) is 12.6. The average molecular weight is 490 g/mol. The lowest BCUT2D eigenvalue weighted by Crippen LogP contribution is -2.47. The van der Waals surface area contributed by atoms with Gasteiger partial charge in [-0.25, -0.2) is 0 Å². The molecule has 1 heterocycles. The molecule has 36 heavy (non-hydrogen) atoms. The van der Waals surface area contributed by atoms with Crippen molar-refractivity contribution in [3.63, 3.8) is 0 Å². The zero-order valence-electron chi connectivity index (χ0n) is 21.3. The molecule has 1 aliphatic carbocycles. The van der Waals surface area contributed by atoms with Gasteiger partial charge in [0.2, 0.25) is 17.7 Å². The average Bonchev–Trinajstić information content (AvgIpc) is 3.18. The van der Waals surface area contributed by atoms with Gasteiger partial charge in [-0.15, -0.1) is 0 Å². The molecule has 3 N–H and O–H groups in total. The summed E-state index contributed by atoms with van der Waals surface area (Å²) in [6, 6.07) is 13.5. The molecule has 1 saturated heterocycles. The van der Waals surface area contributed by atoms with Crippen molar-refractivity contribution in [2.75, 3.05) is 19.0 Å². The van der Waals surface area contributed by atoms with Gasteiger partial charge in [-0.2, -0.15) is 0 Å². The summed E-state index contributed by atoms with van der Waals surface area (Å²) in [7, 11) is 1.57. The van der Waals surface area contributed by atoms with E-state index in [1.807, 2.05) is 81.5 Å². The van der Waals surface area contributed by atoms with Crippen LogP contribution in [0.25, 0.3) is 0 Å². The number of aliphatic hydroxyl groups is 1. The van der Waals surface area contributed by atoms with Crippen molar-refractivity contribution >= 4 is 23.4 Å². The predicted molar refractivity (Wildman–Crippen MR) is 139 cm³/mol. The number of aliphatic hydroxyl groups excluding tert-OH is 1. The molecular weight excluding hydrogens is 454 g/mol. The lowest BCUT2D eigenvalue weighted by Gasteiger charge is -2.34. The zero-order chi connectivity index (χ0) is 26.0. The number of carbonyl (C=O) groups excluding carboxylic acids is 3. The van der Waals surface area contributed by atoms with Gasteiger partial charge < -0.3 is 20.6 Å². The van der Waals surface area contributed by atoms with Crippen LogP contribution in [0.5, 0.6) is 0 Å². The van der Waals surface area contributed by atoms with Crippen LogP contribution in [0.1, 0.15) is 36.1 Å². The summed E-state index contributed by atoms with van der Waals surface area (Å²) in [5, 5.41) is 16.2. The van der Waals surface area contributed by atoms with E-state index in [1.54, 1.807) is 7.05 Å². The Kier molecular flexibility index (Phi) is 7.59. The Bertz CT molecular complexity index is 1160. The third-order valence-electron chi connectivity index (χ3n) is 7.68. The molecule has 0 bridgehead atoms. The SMILES string of the molecule is CC[C@@H]1C=C[C@H]2[C@@H](C(=O)N([C@H](CO)c3ccccc3)[C@@H]2C(=O)Nc2cc(C)ccc2C)[C@@H]1C(=O)NC. The summed E-state index contributed by atoms with van der Waals surface area (Å²) >= 11 is 0. The van der Waals surface area contributed by atoms with E-state index in [4.69, 9.17) is 0 Å². The molecule has 6 atom stereocenters. The van der Waals surface area contributed by atoms with E-state index >= 15 is 0 Å². The molecule has 7 heteroatoms. The molecular formula is C29H35N3O4. The molecule has 0 radical (unpaired) electrons. The maximum absolute atomic E-state index is 14.1. The molecule has 2 aromatic rings. The third kappa shape index (κ3) is 4.55. The largest absolute Gasteiger partial charge is 0.394 e. The van der Waals surface area contributed by atoms with Gasteiger partial charge in [0.05, 0.1) is 24.5 Å². The van der Waals surface area contributed by atoms with Crippen molar-refractivity contribution in [3.8, 4) is 0 Å². The highest BCUT2D eigenvalue weighted by atomic mass is 16.3. The highest BCUT2D eigenvalue weighted by Gasteiger charge is 2.58. The van der Waals surface area contributed by atoms with Crippen molar-refractivity contribution in [1.82, 2.24) is 10.2 Å². The fraction of sp³-hybridized carbons (Fsp3) is 0.414. The number of hydrogen-bond acceptors (Lipinski definition) is 4. The molecule has 0 unspecified atom stereocenters. The Morgan fingerprint density at radius 1 is 1.06 bits per heavy atom. The van der Waals surface area contributed by atoms with Crippen LogP contribution in [0.15, 0.2) is 60.7 Å². The van der Waals surface area contributed by atoms with E-state index < -0.39 is 29.8 Å². The number of allylic oxidation sites excluding steroid dienone is 1. The number of nitrogens with zero attached hydrogens (tertiary/aromatic N) is 1. The Hall–Kier alpha value is -3.45. The Morgan fingerprint density at radius 2 is 1.78 bits per heavy atom. The van der Waals surface area contributed by atoms with E-state index in [9.17, 15) is 19.5 Å². The third-order valence-corrected chi connectivity index (χ3v) is 7.68. The minimum atomic E-state index is -0.874. The first-order valence-corrected chi connectivity index (χ1v) is 12.6. The molecule has 1 fully saturated rings. The van der Waals surface area contributed by atoms with Gasteiger partial charge in [0.25, 0.3) is 0 Å². The topological polar surface area (TPSA) is 98.7 Å². The molecule has 3 amide bonds. The van der Waals surface area contributed by atoms with Crippen LogP contribution in [-0.2, 0) is 14.4 Å². The standard InChI is InChI=1S/C29H35N3O4/c1-5-19-13-14-21-25(24(19)27(34)30-4)29(36)32(23(16-33)20-9-7-6-8-10-20)26(21)28(35)31-22-15-17(2)11-12-18(22)3/h6-15,19,21,23-26,33H,5,16H2,1-4H3,(H,30,34)(H,31,35)/t19-,21+,23-,24-,25-,26+/m1/s1. The van der Waals surface area contributed by atoms with Crippen LogP contribution in [0.2, 0.25) is 0 Å². The first-order chi connectivity index (χ1) is 17.3. The normalized spacial score (nSPS) is 25.9. The second kappa shape index (κ2) is 10.7. The van der Waals surface area contributed by atoms with Crippen LogP contribution in [0, 0.1) is 37.5 Å². The molecule has 2 aliphatic rings. The van der Waals surface area contributed by atoms with Crippen molar-refractivity contribution in [2.24, 2.45) is 23.7 Å². The number of amides is 3. The van der Waals surface area contributed by atoms with Crippen molar-refractivity contribution in [3.05, 3.63) is 77.4 Å². The second-order valence-corrected chi connectivity index (χ2v) is 9.81. The van der Waals surface area contributed by atoms with Crippen LogP contribution in [0.3, 0.4) is 0 Å². The van der Waals surface area contributed by atoms with E-state index in [2.05, 4.69) is 10.6 Å².